The molecule has 0 saturated carbocycles. The normalized spacial score (nSPS) is 6.56. The Bertz CT molecular complexity index is 96.9. The predicted octanol–water partition coefficient (Wildman–Crippen LogP) is 2.19. The highest BCUT2D eigenvalue weighted by Gasteiger charge is 1.70. The summed E-state index contributed by atoms with van der Waals surface area (Å²) in [7, 11) is 0. The lowest BCUT2D eigenvalue weighted by atomic mass is 10.3. The zero-order valence-electron chi connectivity index (χ0n) is 5.88. The average molecular weight is 132 g/mol. The van der Waals surface area contributed by atoms with Crippen LogP contribution >= 0.6 is 0 Å². The van der Waals surface area contributed by atoms with E-state index in [0.717, 1.165) is 0 Å². The van der Waals surface area contributed by atoms with Crippen LogP contribution in [0.1, 0.15) is 20.8 Å². The smallest absolute Gasteiger partial charge is 0.450 e. The molecule has 54 valence electrons. The van der Waals surface area contributed by atoms with Gasteiger partial charge in [0.2, 0.25) is 0 Å². The van der Waals surface area contributed by atoms with Crippen molar-refractivity contribution < 1.29 is 15.0 Å². The van der Waals surface area contributed by atoms with E-state index in [1.54, 1.807) is 0 Å². The van der Waals surface area contributed by atoms with Gasteiger partial charge in [-0.05, 0) is 20.8 Å². The lowest BCUT2D eigenvalue weighted by Crippen LogP contribution is -1.81. The molecule has 0 aromatic heterocycles. The molecule has 0 spiro atoms. The van der Waals surface area contributed by atoms with Gasteiger partial charge in [0.25, 0.3) is 0 Å². The lowest BCUT2D eigenvalue weighted by Gasteiger charge is -1.74. The van der Waals surface area contributed by atoms with Crippen LogP contribution in [0.2, 0.25) is 0 Å². The Labute approximate surface area is 54.6 Å². The zero-order chi connectivity index (χ0) is 7.86. The molecule has 3 nitrogen and oxygen atoms in total. The van der Waals surface area contributed by atoms with Gasteiger partial charge in [-0.1, -0.05) is 11.6 Å². The van der Waals surface area contributed by atoms with E-state index in [9.17, 15) is 0 Å². The van der Waals surface area contributed by atoms with Gasteiger partial charge < -0.3 is 10.2 Å². The second-order valence-electron chi connectivity index (χ2n) is 1.65. The SMILES string of the molecule is CC=C(C)C.O=C(O)O. The third-order valence-electron chi connectivity index (χ3n) is 0.577. The summed E-state index contributed by atoms with van der Waals surface area (Å²) in [4.78, 5) is 8.56. The van der Waals surface area contributed by atoms with Crippen molar-refractivity contribution in [2.45, 2.75) is 20.8 Å². The first-order valence-electron chi connectivity index (χ1n) is 2.52. The van der Waals surface area contributed by atoms with E-state index in [4.69, 9.17) is 15.0 Å². The Kier molecular flexibility index (Phi) is 8.49. The molecule has 0 unspecified atom stereocenters. The number of allylic oxidation sites excluding steroid dienone is 2. The number of hydrogen-bond acceptors (Lipinski definition) is 1. The summed E-state index contributed by atoms with van der Waals surface area (Å²) >= 11 is 0. The van der Waals surface area contributed by atoms with E-state index in [1.807, 2.05) is 6.92 Å². The second-order valence-corrected chi connectivity index (χ2v) is 1.65. The fourth-order valence-electron chi connectivity index (χ4n) is 0. The van der Waals surface area contributed by atoms with E-state index in [2.05, 4.69) is 19.9 Å². The molecule has 0 radical (unpaired) electrons. The Morgan fingerprint density at radius 2 is 1.44 bits per heavy atom. The first-order chi connectivity index (χ1) is 4.00. The largest absolute Gasteiger partial charge is 0.503 e. The summed E-state index contributed by atoms with van der Waals surface area (Å²) in [5.74, 6) is 0. The minimum Gasteiger partial charge on any atom is -0.450 e. The molecule has 0 fully saturated rings. The standard InChI is InChI=1S/C5H10.CH2O3/c1-4-5(2)3;2-1(3)4/h4H,1-3H3;(H2,2,3,4). The van der Waals surface area contributed by atoms with E-state index >= 15 is 0 Å². The van der Waals surface area contributed by atoms with Crippen LogP contribution in [0.3, 0.4) is 0 Å². The highest BCUT2D eigenvalue weighted by molar-refractivity contribution is 5.53. The lowest BCUT2D eigenvalue weighted by molar-refractivity contribution is 0.137. The van der Waals surface area contributed by atoms with Crippen molar-refractivity contribution in [3.05, 3.63) is 11.6 Å². The molecule has 0 aromatic carbocycles. The molecule has 0 bridgehead atoms. The van der Waals surface area contributed by atoms with Gasteiger partial charge in [-0.15, -0.1) is 0 Å². The Hall–Kier alpha value is -0.990. The van der Waals surface area contributed by atoms with Gasteiger partial charge in [-0.3, -0.25) is 0 Å². The van der Waals surface area contributed by atoms with Crippen LogP contribution in [-0.4, -0.2) is 16.4 Å². The Balaban J connectivity index is 0. The molecule has 0 aliphatic rings. The van der Waals surface area contributed by atoms with Gasteiger partial charge in [0.15, 0.2) is 0 Å². The summed E-state index contributed by atoms with van der Waals surface area (Å²) in [6.45, 7) is 6.20. The minimum absolute atomic E-state index is 1.38. The maximum Gasteiger partial charge on any atom is 0.503 e. The van der Waals surface area contributed by atoms with Crippen molar-refractivity contribution in [2.24, 2.45) is 0 Å². The molecule has 0 aliphatic carbocycles. The number of rotatable bonds is 0. The van der Waals surface area contributed by atoms with Crippen molar-refractivity contribution in [1.29, 1.82) is 0 Å². The third kappa shape index (κ3) is 172. The van der Waals surface area contributed by atoms with Gasteiger partial charge in [0, 0.05) is 0 Å². The summed E-state index contributed by atoms with van der Waals surface area (Å²) in [5, 5.41) is 13.9. The molecular weight excluding hydrogens is 120 g/mol. The average Bonchev–Trinajstić information content (AvgIpc) is 1.65. The fourth-order valence-corrected chi connectivity index (χ4v) is 0. The zero-order valence-corrected chi connectivity index (χ0v) is 5.88. The van der Waals surface area contributed by atoms with Crippen molar-refractivity contribution in [3.63, 3.8) is 0 Å². The third-order valence-corrected chi connectivity index (χ3v) is 0.577. The molecule has 3 heteroatoms. The molecule has 9 heavy (non-hydrogen) atoms. The summed E-state index contributed by atoms with van der Waals surface area (Å²) < 4.78 is 0. The van der Waals surface area contributed by atoms with Crippen LogP contribution in [0, 0.1) is 0 Å². The Morgan fingerprint density at radius 3 is 1.44 bits per heavy atom. The van der Waals surface area contributed by atoms with Gasteiger partial charge in [0.1, 0.15) is 0 Å². The molecule has 0 aromatic rings. The summed E-state index contributed by atoms with van der Waals surface area (Å²) in [6.07, 6.45) is 0.250. The monoisotopic (exact) mass is 132 g/mol. The summed E-state index contributed by atoms with van der Waals surface area (Å²) in [5.41, 5.74) is 1.38. The van der Waals surface area contributed by atoms with Crippen molar-refractivity contribution >= 4 is 6.16 Å². The van der Waals surface area contributed by atoms with Crippen LogP contribution in [0.5, 0.6) is 0 Å². The van der Waals surface area contributed by atoms with Crippen LogP contribution in [0.4, 0.5) is 4.79 Å². The van der Waals surface area contributed by atoms with E-state index in [1.165, 1.54) is 5.57 Å². The van der Waals surface area contributed by atoms with Gasteiger partial charge in [0.05, 0.1) is 0 Å². The second kappa shape index (κ2) is 7.01. The highest BCUT2D eigenvalue weighted by atomic mass is 16.6. The molecule has 0 heterocycles. The first kappa shape index (κ1) is 10.9. The molecule has 0 amide bonds. The molecule has 0 atom stereocenters. The van der Waals surface area contributed by atoms with Crippen LogP contribution in [-0.2, 0) is 0 Å². The van der Waals surface area contributed by atoms with Crippen LogP contribution in [0.25, 0.3) is 0 Å². The Morgan fingerprint density at radius 1 is 1.33 bits per heavy atom. The van der Waals surface area contributed by atoms with E-state index in [0.29, 0.717) is 0 Å². The molecule has 0 saturated heterocycles. The summed E-state index contributed by atoms with van der Waals surface area (Å²) in [6, 6.07) is 0. The topological polar surface area (TPSA) is 57.5 Å². The van der Waals surface area contributed by atoms with Gasteiger partial charge in [-0.25, -0.2) is 4.79 Å². The minimum atomic E-state index is -1.83. The van der Waals surface area contributed by atoms with Crippen LogP contribution < -0.4 is 0 Å². The van der Waals surface area contributed by atoms with Crippen molar-refractivity contribution in [3.8, 4) is 0 Å². The molecule has 0 rings (SSSR count). The van der Waals surface area contributed by atoms with Crippen molar-refractivity contribution in [2.75, 3.05) is 0 Å². The molecular formula is C6H12O3. The van der Waals surface area contributed by atoms with Gasteiger partial charge in [-0.2, -0.15) is 0 Å². The number of hydrogen-bond donors (Lipinski definition) is 2. The van der Waals surface area contributed by atoms with E-state index < -0.39 is 6.16 Å². The molecule has 2 N–H and O–H groups in total. The predicted molar refractivity (Wildman–Crippen MR) is 35.8 cm³/mol. The highest BCUT2D eigenvalue weighted by Crippen LogP contribution is 1.82. The fraction of sp³-hybridized carbons (Fsp3) is 0.500. The van der Waals surface area contributed by atoms with Crippen LogP contribution in [0.15, 0.2) is 11.6 Å². The number of carbonyl (C=O) groups is 1. The van der Waals surface area contributed by atoms with Crippen molar-refractivity contribution in [1.82, 2.24) is 0 Å². The maximum atomic E-state index is 8.56. The quantitative estimate of drug-likeness (QED) is 0.497. The first-order valence-corrected chi connectivity index (χ1v) is 2.52. The van der Waals surface area contributed by atoms with Gasteiger partial charge >= 0.3 is 6.16 Å². The van der Waals surface area contributed by atoms with E-state index in [-0.39, 0.29) is 0 Å². The maximum absolute atomic E-state index is 8.56. The number of carboxylic acid groups (broad SMARTS) is 2. The molecule has 0 aliphatic heterocycles.